The minimum absolute atomic E-state index is 0.0400. The highest BCUT2D eigenvalue weighted by atomic mass is 28.4. The molecule has 0 radical (unpaired) electrons. The van der Waals surface area contributed by atoms with E-state index in [0.717, 1.165) is 38.5 Å². The molecule has 112 valence electrons. The fraction of sp³-hybridized carbons (Fsp3) is 0.875. The smallest absolute Gasteiger partial charge is 0.192 e. The number of aliphatic hydroxyl groups is 1. The molecular weight excluding hydrogens is 252 g/mol. The Hall–Kier alpha value is -0.123. The number of hydrogen-bond donors (Lipinski definition) is 1. The molecule has 19 heavy (non-hydrogen) atoms. The van der Waals surface area contributed by atoms with Crippen LogP contribution >= 0.6 is 0 Å². The SMILES string of the molecule is C=CCCC[C@]1(O)CCC[C@H]1O[Si](C)(C)C(C)(C)C. The van der Waals surface area contributed by atoms with Crippen LogP contribution in [0, 0.1) is 0 Å². The van der Waals surface area contributed by atoms with E-state index < -0.39 is 13.9 Å². The summed E-state index contributed by atoms with van der Waals surface area (Å²) in [6, 6.07) is 0. The number of hydrogen-bond acceptors (Lipinski definition) is 2. The lowest BCUT2D eigenvalue weighted by Gasteiger charge is -2.42. The maximum atomic E-state index is 10.9. The molecule has 0 unspecified atom stereocenters. The van der Waals surface area contributed by atoms with Crippen molar-refractivity contribution < 1.29 is 9.53 Å². The molecule has 2 atom stereocenters. The Morgan fingerprint density at radius 2 is 2.05 bits per heavy atom. The van der Waals surface area contributed by atoms with Gasteiger partial charge in [-0.1, -0.05) is 26.8 Å². The molecule has 1 fully saturated rings. The highest BCUT2D eigenvalue weighted by Gasteiger charge is 2.47. The molecule has 0 aromatic carbocycles. The molecule has 0 aromatic heterocycles. The van der Waals surface area contributed by atoms with E-state index in [2.05, 4.69) is 40.4 Å². The van der Waals surface area contributed by atoms with E-state index in [4.69, 9.17) is 4.43 Å². The number of rotatable bonds is 6. The monoisotopic (exact) mass is 284 g/mol. The highest BCUT2D eigenvalue weighted by Crippen LogP contribution is 2.43. The van der Waals surface area contributed by atoms with Gasteiger partial charge in [0.2, 0.25) is 0 Å². The molecule has 0 aromatic rings. The summed E-state index contributed by atoms with van der Waals surface area (Å²) < 4.78 is 6.47. The quantitative estimate of drug-likeness (QED) is 0.437. The predicted molar refractivity (Wildman–Crippen MR) is 84.9 cm³/mol. The van der Waals surface area contributed by atoms with Crippen molar-refractivity contribution in [2.45, 2.75) is 89.1 Å². The molecule has 0 heterocycles. The zero-order valence-corrected chi connectivity index (χ0v) is 14.5. The van der Waals surface area contributed by atoms with E-state index in [1.54, 1.807) is 0 Å². The molecule has 1 aliphatic carbocycles. The van der Waals surface area contributed by atoms with Crippen molar-refractivity contribution in [3.8, 4) is 0 Å². The molecule has 1 saturated carbocycles. The van der Waals surface area contributed by atoms with Crippen LogP contribution < -0.4 is 0 Å². The van der Waals surface area contributed by atoms with Crippen molar-refractivity contribution in [1.82, 2.24) is 0 Å². The number of unbranched alkanes of at least 4 members (excludes halogenated alkanes) is 1. The molecule has 0 spiro atoms. The van der Waals surface area contributed by atoms with E-state index in [1.807, 2.05) is 6.08 Å². The summed E-state index contributed by atoms with van der Waals surface area (Å²) in [5.41, 5.74) is -0.599. The van der Waals surface area contributed by atoms with Gasteiger partial charge in [0, 0.05) is 0 Å². The molecule has 1 N–H and O–H groups in total. The fourth-order valence-corrected chi connectivity index (χ4v) is 3.96. The molecule has 0 amide bonds. The fourth-order valence-electron chi connectivity index (χ4n) is 2.56. The lowest BCUT2D eigenvalue weighted by atomic mass is 9.93. The van der Waals surface area contributed by atoms with Gasteiger partial charge in [0.25, 0.3) is 0 Å². The van der Waals surface area contributed by atoms with Gasteiger partial charge in [-0.2, -0.15) is 0 Å². The van der Waals surface area contributed by atoms with E-state index in [1.165, 1.54) is 0 Å². The van der Waals surface area contributed by atoms with Crippen molar-refractivity contribution >= 4 is 8.32 Å². The van der Waals surface area contributed by atoms with Crippen LogP contribution in [0.15, 0.2) is 12.7 Å². The molecule has 1 rings (SSSR count). The summed E-state index contributed by atoms with van der Waals surface area (Å²) in [5, 5.41) is 11.1. The van der Waals surface area contributed by atoms with Gasteiger partial charge in [0.15, 0.2) is 8.32 Å². The van der Waals surface area contributed by atoms with Gasteiger partial charge in [-0.05, 0) is 56.7 Å². The van der Waals surface area contributed by atoms with Gasteiger partial charge in [-0.25, -0.2) is 0 Å². The zero-order chi connectivity index (χ0) is 14.7. The topological polar surface area (TPSA) is 29.5 Å². The molecule has 3 heteroatoms. The van der Waals surface area contributed by atoms with Crippen LogP contribution in [0.1, 0.15) is 59.3 Å². The second kappa shape index (κ2) is 6.11. The normalized spacial score (nSPS) is 28.6. The third kappa shape index (κ3) is 4.17. The summed E-state index contributed by atoms with van der Waals surface area (Å²) >= 11 is 0. The molecular formula is C16H32O2Si. The molecule has 0 bridgehead atoms. The van der Waals surface area contributed by atoms with Gasteiger partial charge in [0.05, 0.1) is 11.7 Å². The second-order valence-corrected chi connectivity index (χ2v) is 12.3. The van der Waals surface area contributed by atoms with E-state index in [-0.39, 0.29) is 11.1 Å². The summed E-state index contributed by atoms with van der Waals surface area (Å²) in [5.74, 6) is 0. The molecule has 0 saturated heterocycles. The minimum Gasteiger partial charge on any atom is -0.411 e. The lowest BCUT2D eigenvalue weighted by Crippen LogP contribution is -2.50. The van der Waals surface area contributed by atoms with E-state index in [0.29, 0.717) is 0 Å². The first kappa shape index (κ1) is 16.9. The van der Waals surface area contributed by atoms with Crippen molar-refractivity contribution in [2.24, 2.45) is 0 Å². The van der Waals surface area contributed by atoms with Crippen LogP contribution in [-0.2, 0) is 4.43 Å². The lowest BCUT2D eigenvalue weighted by molar-refractivity contribution is -0.0528. The third-order valence-corrected chi connectivity index (χ3v) is 9.42. The van der Waals surface area contributed by atoms with Crippen LogP contribution in [0.4, 0.5) is 0 Å². The Kier molecular flexibility index (Phi) is 5.44. The first-order valence-electron chi connectivity index (χ1n) is 7.63. The molecule has 0 aliphatic heterocycles. The summed E-state index contributed by atoms with van der Waals surface area (Å²) in [6.45, 7) is 15.1. The maximum absolute atomic E-state index is 10.9. The van der Waals surface area contributed by atoms with Crippen LogP contribution in [0.2, 0.25) is 18.1 Å². The average Bonchev–Trinajstić information content (AvgIpc) is 2.59. The van der Waals surface area contributed by atoms with E-state index >= 15 is 0 Å². The third-order valence-electron chi connectivity index (χ3n) is 4.94. The summed E-state index contributed by atoms with van der Waals surface area (Å²) in [4.78, 5) is 0. The van der Waals surface area contributed by atoms with Gasteiger partial charge in [-0.3, -0.25) is 0 Å². The zero-order valence-electron chi connectivity index (χ0n) is 13.5. The minimum atomic E-state index is -1.79. The summed E-state index contributed by atoms with van der Waals surface area (Å²) in [6.07, 6.45) is 7.80. The van der Waals surface area contributed by atoms with Gasteiger partial charge in [0.1, 0.15) is 0 Å². The van der Waals surface area contributed by atoms with Crippen molar-refractivity contribution in [3.63, 3.8) is 0 Å². The van der Waals surface area contributed by atoms with Crippen molar-refractivity contribution in [2.75, 3.05) is 0 Å². The number of allylic oxidation sites excluding steroid dienone is 1. The van der Waals surface area contributed by atoms with Gasteiger partial charge < -0.3 is 9.53 Å². The Bertz CT molecular complexity index is 306. The molecule has 1 aliphatic rings. The van der Waals surface area contributed by atoms with Gasteiger partial charge >= 0.3 is 0 Å². The van der Waals surface area contributed by atoms with E-state index in [9.17, 15) is 5.11 Å². The average molecular weight is 285 g/mol. The standard InChI is InChI=1S/C16H32O2Si/c1-7-8-9-12-16(17)13-10-11-14(16)18-19(5,6)15(2,3)4/h7,14,17H,1,8-13H2,2-6H3/t14-,16+/m1/s1. The van der Waals surface area contributed by atoms with Gasteiger partial charge in [-0.15, -0.1) is 6.58 Å². The molecule has 2 nitrogen and oxygen atoms in total. The van der Waals surface area contributed by atoms with Crippen LogP contribution in [0.3, 0.4) is 0 Å². The second-order valence-electron chi connectivity index (χ2n) is 7.54. The largest absolute Gasteiger partial charge is 0.411 e. The van der Waals surface area contributed by atoms with Crippen LogP contribution in [0.25, 0.3) is 0 Å². The summed E-state index contributed by atoms with van der Waals surface area (Å²) in [7, 11) is -1.79. The van der Waals surface area contributed by atoms with Crippen LogP contribution in [0.5, 0.6) is 0 Å². The Balaban J connectivity index is 2.68. The van der Waals surface area contributed by atoms with Crippen molar-refractivity contribution in [1.29, 1.82) is 0 Å². The maximum Gasteiger partial charge on any atom is 0.192 e. The first-order valence-corrected chi connectivity index (χ1v) is 10.5. The first-order chi connectivity index (χ1) is 8.62. The Morgan fingerprint density at radius 3 is 2.58 bits per heavy atom. The highest BCUT2D eigenvalue weighted by molar-refractivity contribution is 6.74. The predicted octanol–water partition coefficient (Wildman–Crippen LogP) is 4.65. The Morgan fingerprint density at radius 1 is 1.42 bits per heavy atom. The van der Waals surface area contributed by atoms with Crippen molar-refractivity contribution in [3.05, 3.63) is 12.7 Å². The van der Waals surface area contributed by atoms with Crippen LogP contribution in [-0.4, -0.2) is 25.1 Å². The Labute approximate surface area is 120 Å².